The number of anilines is 1. The molecule has 0 aliphatic heterocycles. The highest BCUT2D eigenvalue weighted by Crippen LogP contribution is 2.21. The minimum Gasteiger partial charge on any atom is -0.423 e. The second kappa shape index (κ2) is 6.17. The molecular formula is C13H10BBrFNO3. The summed E-state index contributed by atoms with van der Waals surface area (Å²) in [6.07, 6.45) is 0. The van der Waals surface area contributed by atoms with Crippen molar-refractivity contribution in [2.45, 2.75) is 0 Å². The van der Waals surface area contributed by atoms with E-state index in [9.17, 15) is 9.18 Å². The smallest absolute Gasteiger partial charge is 0.423 e. The molecule has 0 unspecified atom stereocenters. The lowest BCUT2D eigenvalue weighted by molar-refractivity contribution is 0.102. The van der Waals surface area contributed by atoms with Gasteiger partial charge in [-0.25, -0.2) is 4.39 Å². The van der Waals surface area contributed by atoms with Crippen molar-refractivity contribution in [1.82, 2.24) is 0 Å². The van der Waals surface area contributed by atoms with Crippen molar-refractivity contribution in [1.29, 1.82) is 0 Å². The van der Waals surface area contributed by atoms with Crippen LogP contribution in [-0.4, -0.2) is 23.1 Å². The zero-order valence-corrected chi connectivity index (χ0v) is 11.8. The number of nitrogens with one attached hydrogen (secondary N) is 1. The molecule has 0 saturated carbocycles. The summed E-state index contributed by atoms with van der Waals surface area (Å²) in [6.45, 7) is 0. The maximum atomic E-state index is 13.6. The fourth-order valence-corrected chi connectivity index (χ4v) is 2.02. The van der Waals surface area contributed by atoms with E-state index in [0.29, 0.717) is 10.2 Å². The van der Waals surface area contributed by atoms with Gasteiger partial charge in [-0.15, -0.1) is 0 Å². The van der Waals surface area contributed by atoms with Crippen LogP contribution in [0.15, 0.2) is 46.9 Å². The van der Waals surface area contributed by atoms with Crippen LogP contribution in [-0.2, 0) is 0 Å². The molecule has 2 rings (SSSR count). The summed E-state index contributed by atoms with van der Waals surface area (Å²) in [7, 11) is -1.91. The summed E-state index contributed by atoms with van der Waals surface area (Å²) in [4.78, 5) is 12.0. The van der Waals surface area contributed by atoms with Crippen molar-refractivity contribution in [2.24, 2.45) is 0 Å². The van der Waals surface area contributed by atoms with Crippen molar-refractivity contribution >= 4 is 40.1 Å². The van der Waals surface area contributed by atoms with Gasteiger partial charge in [-0.1, -0.05) is 18.2 Å². The fourth-order valence-electron chi connectivity index (χ4n) is 1.63. The van der Waals surface area contributed by atoms with Crippen molar-refractivity contribution < 1.29 is 19.2 Å². The summed E-state index contributed by atoms with van der Waals surface area (Å²) in [5, 5.41) is 20.5. The first-order valence-electron chi connectivity index (χ1n) is 5.70. The van der Waals surface area contributed by atoms with E-state index in [0.717, 1.165) is 12.1 Å². The number of carbonyl (C=O) groups excluding carboxylic acids is 1. The Morgan fingerprint density at radius 2 is 1.90 bits per heavy atom. The highest BCUT2D eigenvalue weighted by Gasteiger charge is 2.18. The van der Waals surface area contributed by atoms with Crippen molar-refractivity contribution in [3.05, 3.63) is 58.3 Å². The van der Waals surface area contributed by atoms with Crippen LogP contribution in [0.3, 0.4) is 0 Å². The first-order valence-corrected chi connectivity index (χ1v) is 6.50. The van der Waals surface area contributed by atoms with Crippen LogP contribution in [0.1, 0.15) is 10.4 Å². The van der Waals surface area contributed by atoms with Gasteiger partial charge in [0.25, 0.3) is 5.91 Å². The van der Waals surface area contributed by atoms with Crippen molar-refractivity contribution in [2.75, 3.05) is 5.32 Å². The SMILES string of the molecule is O=C(Nc1ccccc1Br)c1ccc(B(O)O)c(F)c1. The lowest BCUT2D eigenvalue weighted by atomic mass is 9.79. The molecule has 1 amide bonds. The van der Waals surface area contributed by atoms with Crippen LogP contribution < -0.4 is 10.8 Å². The molecule has 3 N–H and O–H groups in total. The fraction of sp³-hybridized carbons (Fsp3) is 0. The van der Waals surface area contributed by atoms with Crippen LogP contribution in [0.2, 0.25) is 0 Å². The van der Waals surface area contributed by atoms with Gasteiger partial charge in [0.1, 0.15) is 5.82 Å². The minimum atomic E-state index is -1.91. The predicted molar refractivity (Wildman–Crippen MR) is 78.3 cm³/mol. The zero-order chi connectivity index (χ0) is 14.7. The number of rotatable bonds is 3. The number of benzene rings is 2. The molecule has 2 aromatic rings. The number of amides is 1. The highest BCUT2D eigenvalue weighted by molar-refractivity contribution is 9.10. The van der Waals surface area contributed by atoms with Gasteiger partial charge in [-0.3, -0.25) is 4.79 Å². The highest BCUT2D eigenvalue weighted by atomic mass is 79.9. The van der Waals surface area contributed by atoms with Crippen LogP contribution >= 0.6 is 15.9 Å². The van der Waals surface area contributed by atoms with Crippen LogP contribution in [0.4, 0.5) is 10.1 Å². The van der Waals surface area contributed by atoms with E-state index in [1.54, 1.807) is 24.3 Å². The van der Waals surface area contributed by atoms with Crippen molar-refractivity contribution in [3.8, 4) is 0 Å². The van der Waals surface area contributed by atoms with Gasteiger partial charge in [0.15, 0.2) is 0 Å². The zero-order valence-electron chi connectivity index (χ0n) is 10.2. The summed E-state index contributed by atoms with van der Waals surface area (Å²) in [5.74, 6) is -1.34. The Hall–Kier alpha value is -1.70. The van der Waals surface area contributed by atoms with E-state index in [2.05, 4.69) is 21.2 Å². The molecule has 0 fully saturated rings. The summed E-state index contributed by atoms with van der Waals surface area (Å²) in [5.41, 5.74) is 0.370. The molecule has 0 spiro atoms. The third-order valence-corrected chi connectivity index (χ3v) is 3.35. The molecule has 0 radical (unpaired) electrons. The Bertz CT molecular complexity index is 651. The molecular weight excluding hydrogens is 328 g/mol. The minimum absolute atomic E-state index is 0.0858. The number of para-hydroxylation sites is 1. The van der Waals surface area contributed by atoms with Crippen LogP contribution in [0, 0.1) is 5.82 Å². The van der Waals surface area contributed by atoms with Crippen molar-refractivity contribution in [3.63, 3.8) is 0 Å². The molecule has 0 aliphatic carbocycles. The molecule has 0 aromatic heterocycles. The lowest BCUT2D eigenvalue weighted by Gasteiger charge is -2.08. The average Bonchev–Trinajstić information content (AvgIpc) is 2.40. The normalized spacial score (nSPS) is 10.2. The van der Waals surface area contributed by atoms with Gasteiger partial charge in [-0.2, -0.15) is 0 Å². The Morgan fingerprint density at radius 3 is 2.50 bits per heavy atom. The Labute approximate surface area is 123 Å². The van der Waals surface area contributed by atoms with E-state index < -0.39 is 18.8 Å². The van der Waals surface area contributed by atoms with Crippen LogP contribution in [0.25, 0.3) is 0 Å². The molecule has 4 nitrogen and oxygen atoms in total. The second-order valence-corrected chi connectivity index (χ2v) is 4.90. The largest absolute Gasteiger partial charge is 0.491 e. The second-order valence-electron chi connectivity index (χ2n) is 4.04. The Morgan fingerprint density at radius 1 is 1.20 bits per heavy atom. The molecule has 0 saturated heterocycles. The maximum absolute atomic E-state index is 13.6. The quantitative estimate of drug-likeness (QED) is 0.744. The Kier molecular flexibility index (Phi) is 4.54. The van der Waals surface area contributed by atoms with Crippen LogP contribution in [0.5, 0.6) is 0 Å². The van der Waals surface area contributed by atoms with Gasteiger partial charge >= 0.3 is 7.12 Å². The third-order valence-electron chi connectivity index (χ3n) is 2.66. The molecule has 7 heteroatoms. The molecule has 0 heterocycles. The monoisotopic (exact) mass is 337 g/mol. The number of hydrogen-bond donors (Lipinski definition) is 3. The topological polar surface area (TPSA) is 69.6 Å². The van der Waals surface area contributed by atoms with Gasteiger partial charge in [0, 0.05) is 15.5 Å². The number of hydrogen-bond acceptors (Lipinski definition) is 3. The van der Waals surface area contributed by atoms with E-state index in [4.69, 9.17) is 10.0 Å². The average molecular weight is 338 g/mol. The van der Waals surface area contributed by atoms with E-state index in [1.165, 1.54) is 6.07 Å². The van der Waals surface area contributed by atoms with Gasteiger partial charge in [-0.05, 0) is 40.2 Å². The van der Waals surface area contributed by atoms with E-state index in [-0.39, 0.29) is 11.0 Å². The summed E-state index contributed by atoms with van der Waals surface area (Å²) < 4.78 is 14.3. The molecule has 102 valence electrons. The molecule has 2 aromatic carbocycles. The molecule has 0 bridgehead atoms. The number of halogens is 2. The standard InChI is InChI=1S/C13H10BBrFNO3/c15-10-3-1-2-4-12(10)17-13(18)8-5-6-9(14(19)20)11(16)7-8/h1-7,19-20H,(H,17,18). The summed E-state index contributed by atoms with van der Waals surface area (Å²) in [6, 6.07) is 10.5. The van der Waals surface area contributed by atoms with E-state index >= 15 is 0 Å². The van der Waals surface area contributed by atoms with Gasteiger partial charge in [0.05, 0.1) is 5.69 Å². The molecule has 0 aliphatic rings. The van der Waals surface area contributed by atoms with E-state index in [1.807, 2.05) is 0 Å². The lowest BCUT2D eigenvalue weighted by Crippen LogP contribution is -2.33. The first-order chi connectivity index (χ1) is 9.49. The molecule has 20 heavy (non-hydrogen) atoms. The third kappa shape index (κ3) is 3.25. The van der Waals surface area contributed by atoms with Gasteiger partial charge in [0.2, 0.25) is 0 Å². The van der Waals surface area contributed by atoms with Gasteiger partial charge < -0.3 is 15.4 Å². The molecule has 0 atom stereocenters. The predicted octanol–water partition coefficient (Wildman–Crippen LogP) is 1.52. The number of carbonyl (C=O) groups is 1. The Balaban J connectivity index is 2.22. The summed E-state index contributed by atoms with van der Waals surface area (Å²) >= 11 is 3.29. The first kappa shape index (κ1) is 14.7. The maximum Gasteiger partial charge on any atom is 0.491 e.